The lowest BCUT2D eigenvalue weighted by Crippen LogP contribution is -2.24. The third-order valence-electron chi connectivity index (χ3n) is 1.72. The van der Waals surface area contributed by atoms with Crippen molar-refractivity contribution in [2.45, 2.75) is 12.8 Å². The van der Waals surface area contributed by atoms with Gasteiger partial charge in [0.1, 0.15) is 0 Å². The average Bonchev–Trinajstić information content (AvgIpc) is 2.25. The van der Waals surface area contributed by atoms with Crippen LogP contribution < -0.4 is 5.32 Å². The molecule has 0 unspecified atom stereocenters. The van der Waals surface area contributed by atoms with Crippen LogP contribution in [0.2, 0.25) is 0 Å². The van der Waals surface area contributed by atoms with Crippen LogP contribution in [0.25, 0.3) is 0 Å². The highest BCUT2D eigenvalue weighted by Gasteiger charge is 2.03. The maximum Gasteiger partial charge on any atom is 0.252 e. The first-order valence-electron chi connectivity index (χ1n) is 4.50. The van der Waals surface area contributed by atoms with Crippen LogP contribution in [0.1, 0.15) is 23.2 Å². The van der Waals surface area contributed by atoms with Gasteiger partial charge in [0.05, 0.1) is 18.0 Å². The molecule has 1 aromatic rings. The number of carbonyl (C=O) groups is 1. The quantitative estimate of drug-likeness (QED) is 0.647. The van der Waals surface area contributed by atoms with E-state index in [4.69, 9.17) is 5.11 Å². The molecule has 0 bridgehead atoms. The summed E-state index contributed by atoms with van der Waals surface area (Å²) < 4.78 is 0. The highest BCUT2D eigenvalue weighted by molar-refractivity contribution is 5.93. The molecule has 0 aliphatic rings. The number of nitrogens with one attached hydrogen (secondary N) is 1. The summed E-state index contributed by atoms with van der Waals surface area (Å²) in [6.07, 6.45) is 4.37. The predicted octanol–water partition coefficient (Wildman–Crippen LogP) is -0.0211. The first-order valence-corrected chi connectivity index (χ1v) is 4.50. The Labute approximate surface area is 82.2 Å². The van der Waals surface area contributed by atoms with Crippen LogP contribution in [0.4, 0.5) is 0 Å². The summed E-state index contributed by atoms with van der Waals surface area (Å²) in [5.74, 6) is -0.155. The summed E-state index contributed by atoms with van der Waals surface area (Å²) in [6.45, 7) is 0.731. The molecule has 0 aliphatic carbocycles. The van der Waals surface area contributed by atoms with Crippen LogP contribution in [0, 0.1) is 0 Å². The van der Waals surface area contributed by atoms with Crippen LogP contribution >= 0.6 is 0 Å². The smallest absolute Gasteiger partial charge is 0.252 e. The molecule has 1 amide bonds. The summed E-state index contributed by atoms with van der Waals surface area (Å²) in [6, 6.07) is 1.61. The minimum atomic E-state index is -0.155. The lowest BCUT2D eigenvalue weighted by molar-refractivity contribution is 0.0951. The van der Waals surface area contributed by atoms with E-state index in [2.05, 4.69) is 15.5 Å². The molecule has 14 heavy (non-hydrogen) atoms. The SMILES string of the molecule is O=C(NCCCCO)c1ccnnc1. The van der Waals surface area contributed by atoms with Gasteiger partial charge in [-0.3, -0.25) is 4.79 Å². The molecule has 76 valence electrons. The van der Waals surface area contributed by atoms with Gasteiger partial charge in [-0.25, -0.2) is 0 Å². The Morgan fingerprint density at radius 2 is 2.29 bits per heavy atom. The van der Waals surface area contributed by atoms with Gasteiger partial charge < -0.3 is 10.4 Å². The number of nitrogens with zero attached hydrogens (tertiary/aromatic N) is 2. The second kappa shape index (κ2) is 6.04. The van der Waals surface area contributed by atoms with Gasteiger partial charge in [-0.2, -0.15) is 10.2 Å². The fraction of sp³-hybridized carbons (Fsp3) is 0.444. The van der Waals surface area contributed by atoms with Gasteiger partial charge in [0.2, 0.25) is 0 Å². The molecule has 5 heteroatoms. The van der Waals surface area contributed by atoms with E-state index >= 15 is 0 Å². The number of hydrogen-bond donors (Lipinski definition) is 2. The van der Waals surface area contributed by atoms with E-state index in [1.54, 1.807) is 6.07 Å². The van der Waals surface area contributed by atoms with Gasteiger partial charge in [-0.1, -0.05) is 0 Å². The molecule has 0 aromatic carbocycles. The van der Waals surface area contributed by atoms with Crippen LogP contribution in [-0.2, 0) is 0 Å². The van der Waals surface area contributed by atoms with Crippen LogP contribution in [0.15, 0.2) is 18.5 Å². The molecule has 5 nitrogen and oxygen atoms in total. The van der Waals surface area contributed by atoms with Crippen LogP contribution in [0.3, 0.4) is 0 Å². The highest BCUT2D eigenvalue weighted by Crippen LogP contribution is 1.93. The number of carbonyl (C=O) groups excluding carboxylic acids is 1. The second-order valence-electron chi connectivity index (χ2n) is 2.82. The molecule has 1 heterocycles. The molecule has 0 atom stereocenters. The van der Waals surface area contributed by atoms with Crippen molar-refractivity contribution in [3.8, 4) is 0 Å². The summed E-state index contributed by atoms with van der Waals surface area (Å²) >= 11 is 0. The Hall–Kier alpha value is -1.49. The fourth-order valence-electron chi connectivity index (χ4n) is 0.966. The Bertz CT molecular complexity index is 277. The minimum absolute atomic E-state index is 0.155. The molecule has 0 aliphatic heterocycles. The zero-order valence-corrected chi connectivity index (χ0v) is 7.81. The number of hydrogen-bond acceptors (Lipinski definition) is 4. The maximum atomic E-state index is 11.4. The molecule has 0 saturated heterocycles. The number of amides is 1. The molecule has 2 N–H and O–H groups in total. The summed E-state index contributed by atoms with van der Waals surface area (Å²) in [5, 5.41) is 18.4. The fourth-order valence-corrected chi connectivity index (χ4v) is 0.966. The zero-order chi connectivity index (χ0) is 10.2. The van der Waals surface area contributed by atoms with Gasteiger partial charge in [0, 0.05) is 13.2 Å². The average molecular weight is 195 g/mol. The van der Waals surface area contributed by atoms with Crippen molar-refractivity contribution in [1.29, 1.82) is 0 Å². The molecule has 0 spiro atoms. The summed E-state index contributed by atoms with van der Waals surface area (Å²) in [7, 11) is 0. The summed E-state index contributed by atoms with van der Waals surface area (Å²) in [5.41, 5.74) is 0.504. The third kappa shape index (κ3) is 3.49. The molecule has 0 saturated carbocycles. The number of aliphatic hydroxyl groups excluding tert-OH is 1. The summed E-state index contributed by atoms with van der Waals surface area (Å²) in [4.78, 5) is 11.4. The Morgan fingerprint density at radius 3 is 2.93 bits per heavy atom. The molecular formula is C9H13N3O2. The first-order chi connectivity index (χ1) is 6.84. The van der Waals surface area contributed by atoms with Gasteiger partial charge in [0.25, 0.3) is 5.91 Å². The van der Waals surface area contributed by atoms with E-state index in [1.165, 1.54) is 12.4 Å². The molecule has 0 radical (unpaired) electrons. The normalized spacial score (nSPS) is 9.79. The van der Waals surface area contributed by atoms with Crippen molar-refractivity contribution in [1.82, 2.24) is 15.5 Å². The number of aromatic nitrogens is 2. The number of rotatable bonds is 5. The molecule has 1 aromatic heterocycles. The van der Waals surface area contributed by atoms with Crippen molar-refractivity contribution in [2.24, 2.45) is 0 Å². The number of aliphatic hydroxyl groups is 1. The molecular weight excluding hydrogens is 182 g/mol. The Morgan fingerprint density at radius 1 is 1.43 bits per heavy atom. The van der Waals surface area contributed by atoms with Crippen LogP contribution in [0.5, 0.6) is 0 Å². The van der Waals surface area contributed by atoms with Crippen molar-refractivity contribution in [3.63, 3.8) is 0 Å². The predicted molar refractivity (Wildman–Crippen MR) is 50.7 cm³/mol. The van der Waals surface area contributed by atoms with Crippen molar-refractivity contribution >= 4 is 5.91 Å². The van der Waals surface area contributed by atoms with E-state index in [9.17, 15) is 4.79 Å². The molecule has 1 rings (SSSR count). The van der Waals surface area contributed by atoms with E-state index in [0.717, 1.165) is 6.42 Å². The van der Waals surface area contributed by atoms with Crippen molar-refractivity contribution < 1.29 is 9.90 Å². The van der Waals surface area contributed by atoms with Gasteiger partial charge in [0.15, 0.2) is 0 Å². The van der Waals surface area contributed by atoms with E-state index in [0.29, 0.717) is 18.5 Å². The van der Waals surface area contributed by atoms with Gasteiger partial charge in [-0.05, 0) is 18.9 Å². The second-order valence-corrected chi connectivity index (χ2v) is 2.82. The van der Waals surface area contributed by atoms with Crippen LogP contribution in [-0.4, -0.2) is 34.4 Å². The largest absolute Gasteiger partial charge is 0.396 e. The standard InChI is InChI=1S/C9H13N3O2/c13-6-2-1-4-10-9(14)8-3-5-11-12-7-8/h3,5,7,13H,1-2,4,6H2,(H,10,14). The van der Waals surface area contributed by atoms with Gasteiger partial charge in [-0.15, -0.1) is 0 Å². The number of unbranched alkanes of at least 4 members (excludes halogenated alkanes) is 1. The molecule has 0 fully saturated rings. The van der Waals surface area contributed by atoms with Gasteiger partial charge >= 0.3 is 0 Å². The highest BCUT2D eigenvalue weighted by atomic mass is 16.2. The monoisotopic (exact) mass is 195 g/mol. The Kier molecular flexibility index (Phi) is 4.57. The first kappa shape index (κ1) is 10.6. The zero-order valence-electron chi connectivity index (χ0n) is 7.81. The lowest BCUT2D eigenvalue weighted by atomic mass is 10.3. The third-order valence-corrected chi connectivity index (χ3v) is 1.72. The van der Waals surface area contributed by atoms with E-state index in [-0.39, 0.29) is 12.5 Å². The maximum absolute atomic E-state index is 11.4. The van der Waals surface area contributed by atoms with E-state index in [1.807, 2.05) is 0 Å². The lowest BCUT2D eigenvalue weighted by Gasteiger charge is -2.02. The van der Waals surface area contributed by atoms with E-state index < -0.39 is 0 Å². The van der Waals surface area contributed by atoms with Crippen molar-refractivity contribution in [3.05, 3.63) is 24.0 Å². The Balaban J connectivity index is 2.29. The van der Waals surface area contributed by atoms with Crippen molar-refractivity contribution in [2.75, 3.05) is 13.2 Å². The minimum Gasteiger partial charge on any atom is -0.396 e. The topological polar surface area (TPSA) is 75.1 Å².